The molecule has 0 saturated heterocycles. The molecule has 0 rings (SSSR count). The molecular formula is C12H22O3. The molecule has 0 fully saturated rings. The molecule has 0 aliphatic rings. The van der Waals surface area contributed by atoms with Gasteiger partial charge in [-0.05, 0) is 12.8 Å². The van der Waals surface area contributed by atoms with Gasteiger partial charge in [-0.25, -0.2) is 0 Å². The molecule has 0 unspecified atom stereocenters. The summed E-state index contributed by atoms with van der Waals surface area (Å²) >= 11 is 0. The average molecular weight is 214 g/mol. The van der Waals surface area contributed by atoms with E-state index >= 15 is 0 Å². The number of carboxylic acid groups (broad SMARTS) is 1. The first-order chi connectivity index (χ1) is 7.11. The Morgan fingerprint density at radius 1 is 1.07 bits per heavy atom. The minimum absolute atomic E-state index is 0.0269. The van der Waals surface area contributed by atoms with Crippen LogP contribution in [0, 0.1) is 5.92 Å². The normalized spacial score (nSPS) is 10.6. The van der Waals surface area contributed by atoms with Gasteiger partial charge in [0.2, 0.25) is 0 Å². The van der Waals surface area contributed by atoms with Crippen molar-refractivity contribution in [2.45, 2.75) is 58.8 Å². The predicted octanol–water partition coefficient (Wildman–Crippen LogP) is 3.03. The molecule has 0 bridgehead atoms. The molecule has 0 aromatic heterocycles. The Kier molecular flexibility index (Phi) is 7.96. The Morgan fingerprint density at radius 2 is 1.53 bits per heavy atom. The quantitative estimate of drug-likeness (QED) is 0.600. The Morgan fingerprint density at radius 3 is 1.87 bits per heavy atom. The van der Waals surface area contributed by atoms with Crippen molar-refractivity contribution in [3.05, 3.63) is 0 Å². The van der Waals surface area contributed by atoms with Gasteiger partial charge in [0, 0.05) is 5.92 Å². The highest BCUT2D eigenvalue weighted by molar-refractivity contribution is 5.95. The van der Waals surface area contributed by atoms with Crippen LogP contribution in [0.1, 0.15) is 58.8 Å². The summed E-state index contributed by atoms with van der Waals surface area (Å²) in [4.78, 5) is 22.0. The Hall–Kier alpha value is -0.860. The van der Waals surface area contributed by atoms with Crippen molar-refractivity contribution in [3.63, 3.8) is 0 Å². The molecule has 0 aromatic carbocycles. The van der Waals surface area contributed by atoms with Crippen LogP contribution in [0.15, 0.2) is 0 Å². The van der Waals surface area contributed by atoms with E-state index in [9.17, 15) is 9.59 Å². The minimum atomic E-state index is -1.00. The zero-order valence-corrected chi connectivity index (χ0v) is 9.79. The first kappa shape index (κ1) is 14.1. The summed E-state index contributed by atoms with van der Waals surface area (Å²) in [6.45, 7) is 4.16. The standard InChI is InChI=1S/C12H22O3/c1-3-5-7-10(8-6-4-2)11(13)9-12(14)15/h10H,3-9H2,1-2H3,(H,14,15). The number of hydrogen-bond acceptors (Lipinski definition) is 2. The smallest absolute Gasteiger partial charge is 0.310 e. The van der Waals surface area contributed by atoms with Crippen LogP contribution in [0.4, 0.5) is 0 Å². The van der Waals surface area contributed by atoms with Gasteiger partial charge < -0.3 is 5.11 Å². The molecule has 3 heteroatoms. The summed E-state index contributed by atoms with van der Waals surface area (Å²) in [7, 11) is 0. The maximum absolute atomic E-state index is 11.6. The van der Waals surface area contributed by atoms with E-state index in [0.29, 0.717) is 0 Å². The largest absolute Gasteiger partial charge is 0.481 e. The average Bonchev–Trinajstić information content (AvgIpc) is 2.17. The molecule has 0 aliphatic carbocycles. The summed E-state index contributed by atoms with van der Waals surface area (Å²) in [5.41, 5.74) is 0. The topological polar surface area (TPSA) is 54.4 Å². The third-order valence-corrected chi connectivity index (χ3v) is 2.59. The van der Waals surface area contributed by atoms with Gasteiger partial charge in [0.15, 0.2) is 0 Å². The number of Topliss-reactive ketones (excluding diaryl/α,β-unsaturated/α-hetero) is 1. The summed E-state index contributed by atoms with van der Waals surface area (Å²) < 4.78 is 0. The SMILES string of the molecule is CCCCC(CCCC)C(=O)CC(=O)O. The van der Waals surface area contributed by atoms with Gasteiger partial charge >= 0.3 is 5.97 Å². The lowest BCUT2D eigenvalue weighted by Gasteiger charge is -2.13. The van der Waals surface area contributed by atoms with Gasteiger partial charge in [-0.1, -0.05) is 39.5 Å². The summed E-state index contributed by atoms with van der Waals surface area (Å²) in [5, 5.41) is 8.56. The molecular weight excluding hydrogens is 192 g/mol. The van der Waals surface area contributed by atoms with E-state index < -0.39 is 5.97 Å². The molecule has 0 aliphatic heterocycles. The molecule has 0 heterocycles. The first-order valence-electron chi connectivity index (χ1n) is 5.86. The molecule has 1 N–H and O–H groups in total. The fourth-order valence-electron chi connectivity index (χ4n) is 1.66. The highest BCUT2D eigenvalue weighted by Gasteiger charge is 2.19. The van der Waals surface area contributed by atoms with E-state index in [4.69, 9.17) is 5.11 Å². The summed E-state index contributed by atoms with van der Waals surface area (Å²) in [6.07, 6.45) is 5.54. The van der Waals surface area contributed by atoms with Crippen LogP contribution in [0.5, 0.6) is 0 Å². The van der Waals surface area contributed by atoms with E-state index in [-0.39, 0.29) is 18.1 Å². The lowest BCUT2D eigenvalue weighted by molar-refractivity contribution is -0.141. The Bertz CT molecular complexity index is 191. The number of carbonyl (C=O) groups excluding carboxylic acids is 1. The second-order valence-electron chi connectivity index (χ2n) is 4.02. The van der Waals surface area contributed by atoms with Gasteiger partial charge in [-0.3, -0.25) is 9.59 Å². The van der Waals surface area contributed by atoms with Crippen LogP contribution in [0.3, 0.4) is 0 Å². The van der Waals surface area contributed by atoms with Crippen LogP contribution in [0.2, 0.25) is 0 Å². The minimum Gasteiger partial charge on any atom is -0.481 e. The number of carbonyl (C=O) groups is 2. The Labute approximate surface area is 91.9 Å². The molecule has 0 amide bonds. The van der Waals surface area contributed by atoms with E-state index in [1.807, 2.05) is 0 Å². The van der Waals surface area contributed by atoms with Crippen LogP contribution in [0.25, 0.3) is 0 Å². The number of unbranched alkanes of at least 4 members (excludes halogenated alkanes) is 2. The van der Waals surface area contributed by atoms with Crippen molar-refractivity contribution in [1.82, 2.24) is 0 Å². The van der Waals surface area contributed by atoms with Crippen LogP contribution in [-0.2, 0) is 9.59 Å². The second-order valence-corrected chi connectivity index (χ2v) is 4.02. The first-order valence-corrected chi connectivity index (χ1v) is 5.86. The van der Waals surface area contributed by atoms with Crippen LogP contribution < -0.4 is 0 Å². The van der Waals surface area contributed by atoms with E-state index in [0.717, 1.165) is 38.5 Å². The van der Waals surface area contributed by atoms with Gasteiger partial charge in [-0.2, -0.15) is 0 Å². The molecule has 0 radical (unpaired) electrons. The lowest BCUT2D eigenvalue weighted by Crippen LogP contribution is -2.18. The summed E-state index contributed by atoms with van der Waals surface area (Å²) in [6, 6.07) is 0. The molecule has 0 saturated carbocycles. The van der Waals surface area contributed by atoms with Crippen molar-refractivity contribution in [2.24, 2.45) is 5.92 Å². The lowest BCUT2D eigenvalue weighted by atomic mass is 9.90. The van der Waals surface area contributed by atoms with Gasteiger partial charge in [0.05, 0.1) is 0 Å². The van der Waals surface area contributed by atoms with Crippen molar-refractivity contribution < 1.29 is 14.7 Å². The molecule has 15 heavy (non-hydrogen) atoms. The van der Waals surface area contributed by atoms with Crippen molar-refractivity contribution in [2.75, 3.05) is 0 Å². The third-order valence-electron chi connectivity index (χ3n) is 2.59. The number of rotatable bonds is 9. The van der Waals surface area contributed by atoms with E-state index in [1.165, 1.54) is 0 Å². The van der Waals surface area contributed by atoms with Crippen molar-refractivity contribution >= 4 is 11.8 Å². The fraction of sp³-hybridized carbons (Fsp3) is 0.833. The zero-order chi connectivity index (χ0) is 11.7. The summed E-state index contributed by atoms with van der Waals surface area (Å²) in [5.74, 6) is -1.12. The highest BCUT2D eigenvalue weighted by atomic mass is 16.4. The maximum atomic E-state index is 11.6. The molecule has 88 valence electrons. The predicted molar refractivity (Wildman–Crippen MR) is 59.8 cm³/mol. The molecule has 0 spiro atoms. The molecule has 3 nitrogen and oxygen atoms in total. The Balaban J connectivity index is 4.07. The maximum Gasteiger partial charge on any atom is 0.310 e. The number of carboxylic acids is 1. The van der Waals surface area contributed by atoms with Crippen LogP contribution >= 0.6 is 0 Å². The number of aliphatic carboxylic acids is 1. The second kappa shape index (κ2) is 8.45. The monoisotopic (exact) mass is 214 g/mol. The van der Waals surface area contributed by atoms with E-state index in [1.54, 1.807) is 0 Å². The number of ketones is 1. The fourth-order valence-corrected chi connectivity index (χ4v) is 1.66. The van der Waals surface area contributed by atoms with Gasteiger partial charge in [0.25, 0.3) is 0 Å². The number of hydrogen-bond donors (Lipinski definition) is 1. The van der Waals surface area contributed by atoms with Crippen molar-refractivity contribution in [1.29, 1.82) is 0 Å². The van der Waals surface area contributed by atoms with Gasteiger partial charge in [0.1, 0.15) is 12.2 Å². The highest BCUT2D eigenvalue weighted by Crippen LogP contribution is 2.18. The molecule has 0 atom stereocenters. The van der Waals surface area contributed by atoms with Crippen molar-refractivity contribution in [3.8, 4) is 0 Å². The van der Waals surface area contributed by atoms with Gasteiger partial charge in [-0.15, -0.1) is 0 Å². The van der Waals surface area contributed by atoms with Crippen LogP contribution in [-0.4, -0.2) is 16.9 Å². The van der Waals surface area contributed by atoms with E-state index in [2.05, 4.69) is 13.8 Å². The zero-order valence-electron chi connectivity index (χ0n) is 9.79. The molecule has 0 aromatic rings. The third kappa shape index (κ3) is 7.11.